The monoisotopic (exact) mass is 323 g/mol. The number of aromatic amines is 1. The average Bonchev–Trinajstić information content (AvgIpc) is 2.80. The molecule has 114 valence electrons. The molecule has 0 aliphatic heterocycles. The summed E-state index contributed by atoms with van der Waals surface area (Å²) in [5.41, 5.74) is 1.35. The molecule has 2 aromatic heterocycles. The lowest BCUT2D eigenvalue weighted by atomic mass is 9.97. The van der Waals surface area contributed by atoms with Crippen molar-refractivity contribution in [3.05, 3.63) is 25.6 Å². The van der Waals surface area contributed by atoms with Gasteiger partial charge in [0.25, 0.3) is 5.56 Å². The third-order valence-electron chi connectivity index (χ3n) is 4.42. The van der Waals surface area contributed by atoms with Gasteiger partial charge in [-0.3, -0.25) is 9.36 Å². The van der Waals surface area contributed by atoms with E-state index in [1.165, 1.54) is 23.3 Å². The van der Waals surface area contributed by atoms with Crippen molar-refractivity contribution >= 4 is 33.8 Å². The number of H-pyrrole nitrogens is 1. The molecule has 2 heterocycles. The van der Waals surface area contributed by atoms with Crippen molar-refractivity contribution in [1.82, 2.24) is 14.5 Å². The van der Waals surface area contributed by atoms with E-state index in [9.17, 15) is 4.79 Å². The topological polar surface area (TPSA) is 41.0 Å². The highest BCUT2D eigenvalue weighted by Crippen LogP contribution is 2.33. The first-order valence-electron chi connectivity index (χ1n) is 7.43. The average molecular weight is 323 g/mol. The first-order valence-corrected chi connectivity index (χ1v) is 8.65. The zero-order chi connectivity index (χ0) is 15.1. The van der Waals surface area contributed by atoms with E-state index in [0.717, 1.165) is 23.1 Å². The number of nitrogens with one attached hydrogen (secondary N) is 1. The minimum absolute atomic E-state index is 0.0850. The van der Waals surface area contributed by atoms with E-state index < -0.39 is 0 Å². The Morgan fingerprint density at radius 3 is 2.81 bits per heavy atom. The number of aromatic nitrogens is 2. The molecule has 0 spiro atoms. The number of nitrogens with zero attached hydrogens (tertiary/aromatic N) is 2. The van der Waals surface area contributed by atoms with Gasteiger partial charge in [0.05, 0.1) is 5.39 Å². The van der Waals surface area contributed by atoms with Crippen molar-refractivity contribution in [3.8, 4) is 0 Å². The first kappa shape index (κ1) is 14.9. The SMILES string of the molecule is CC(Cn1c(=S)[nH]c2sc3c(c2c1=O)CCCC3)N(C)C. The maximum atomic E-state index is 12.9. The molecule has 6 heteroatoms. The number of aryl methyl sites for hydroxylation is 2. The van der Waals surface area contributed by atoms with Crippen LogP contribution in [0.1, 0.15) is 30.2 Å². The molecule has 1 aliphatic rings. The van der Waals surface area contributed by atoms with E-state index in [1.807, 2.05) is 14.1 Å². The lowest BCUT2D eigenvalue weighted by Crippen LogP contribution is -2.34. The highest BCUT2D eigenvalue weighted by molar-refractivity contribution is 7.71. The van der Waals surface area contributed by atoms with Crippen LogP contribution in [0.4, 0.5) is 0 Å². The summed E-state index contributed by atoms with van der Waals surface area (Å²) in [6, 6.07) is 0.268. The minimum atomic E-state index is 0.0850. The molecule has 0 amide bonds. The van der Waals surface area contributed by atoms with Crippen LogP contribution in [0.3, 0.4) is 0 Å². The summed E-state index contributed by atoms with van der Waals surface area (Å²) in [4.78, 5) is 20.6. The van der Waals surface area contributed by atoms with Crippen molar-refractivity contribution in [2.24, 2.45) is 0 Å². The lowest BCUT2D eigenvalue weighted by molar-refractivity contribution is 0.280. The van der Waals surface area contributed by atoms with E-state index in [-0.39, 0.29) is 11.6 Å². The van der Waals surface area contributed by atoms with Crippen LogP contribution in [0, 0.1) is 4.77 Å². The summed E-state index contributed by atoms with van der Waals surface area (Å²) in [6.45, 7) is 2.73. The Kier molecular flexibility index (Phi) is 4.03. The van der Waals surface area contributed by atoms with Crippen molar-refractivity contribution in [1.29, 1.82) is 0 Å². The van der Waals surface area contributed by atoms with E-state index in [0.29, 0.717) is 11.3 Å². The lowest BCUT2D eigenvalue weighted by Gasteiger charge is -2.20. The molecule has 3 rings (SSSR count). The molecule has 0 saturated heterocycles. The number of fused-ring (bicyclic) bond motifs is 3. The summed E-state index contributed by atoms with van der Waals surface area (Å²) >= 11 is 7.12. The molecule has 0 saturated carbocycles. The number of likely N-dealkylation sites (N-methyl/N-ethyl adjacent to an activating group) is 1. The van der Waals surface area contributed by atoms with Gasteiger partial charge in [-0.05, 0) is 64.5 Å². The van der Waals surface area contributed by atoms with Crippen LogP contribution in [-0.2, 0) is 19.4 Å². The zero-order valence-corrected chi connectivity index (χ0v) is 14.4. The summed E-state index contributed by atoms with van der Waals surface area (Å²) in [7, 11) is 4.04. The quantitative estimate of drug-likeness (QED) is 0.883. The van der Waals surface area contributed by atoms with E-state index in [2.05, 4.69) is 16.8 Å². The number of hydrogen-bond acceptors (Lipinski definition) is 4. The van der Waals surface area contributed by atoms with Crippen LogP contribution < -0.4 is 5.56 Å². The van der Waals surface area contributed by atoms with Crippen molar-refractivity contribution in [3.63, 3.8) is 0 Å². The van der Waals surface area contributed by atoms with Crippen LogP contribution >= 0.6 is 23.6 Å². The number of rotatable bonds is 3. The molecule has 0 radical (unpaired) electrons. The maximum absolute atomic E-state index is 12.9. The fourth-order valence-corrected chi connectivity index (χ4v) is 4.47. The third-order valence-corrected chi connectivity index (χ3v) is 5.95. The molecular formula is C15H21N3OS2. The molecule has 0 aromatic carbocycles. The molecule has 21 heavy (non-hydrogen) atoms. The second kappa shape index (κ2) is 5.66. The van der Waals surface area contributed by atoms with Crippen LogP contribution in [0.5, 0.6) is 0 Å². The van der Waals surface area contributed by atoms with Gasteiger partial charge in [0.1, 0.15) is 4.83 Å². The third kappa shape index (κ3) is 2.60. The van der Waals surface area contributed by atoms with Crippen molar-refractivity contribution in [2.75, 3.05) is 14.1 Å². The summed E-state index contributed by atoms with van der Waals surface area (Å²) in [5.74, 6) is 0. The Morgan fingerprint density at radius 1 is 1.38 bits per heavy atom. The van der Waals surface area contributed by atoms with Gasteiger partial charge in [-0.25, -0.2) is 0 Å². The van der Waals surface area contributed by atoms with Gasteiger partial charge in [-0.1, -0.05) is 0 Å². The molecule has 0 fully saturated rings. The highest BCUT2D eigenvalue weighted by atomic mass is 32.1. The Balaban J connectivity index is 2.18. The first-order chi connectivity index (χ1) is 9.99. The fourth-order valence-electron chi connectivity index (χ4n) is 2.87. The smallest absolute Gasteiger partial charge is 0.263 e. The van der Waals surface area contributed by atoms with Gasteiger partial charge in [0.15, 0.2) is 4.77 Å². The van der Waals surface area contributed by atoms with Gasteiger partial charge in [-0.2, -0.15) is 0 Å². The van der Waals surface area contributed by atoms with E-state index >= 15 is 0 Å². The minimum Gasteiger partial charge on any atom is -0.323 e. The van der Waals surface area contributed by atoms with Gasteiger partial charge in [-0.15, -0.1) is 11.3 Å². The second-order valence-electron chi connectivity index (χ2n) is 6.07. The van der Waals surface area contributed by atoms with Gasteiger partial charge < -0.3 is 9.88 Å². The van der Waals surface area contributed by atoms with Crippen molar-refractivity contribution in [2.45, 2.75) is 45.2 Å². The normalized spacial score (nSPS) is 16.4. The molecule has 4 nitrogen and oxygen atoms in total. The Morgan fingerprint density at radius 2 is 2.10 bits per heavy atom. The molecule has 1 N–H and O–H groups in total. The standard InChI is InChI=1S/C15H21N3OS2/c1-9(17(2)3)8-18-14(19)12-10-6-4-5-7-11(10)21-13(12)16-15(18)20/h9H,4-8H2,1-3H3,(H,16,20). The molecule has 1 atom stereocenters. The fraction of sp³-hybridized carbons (Fsp3) is 0.600. The Bertz CT molecular complexity index is 785. The number of thiophene rings is 1. The van der Waals surface area contributed by atoms with Gasteiger partial charge in [0.2, 0.25) is 0 Å². The maximum Gasteiger partial charge on any atom is 0.263 e. The molecular weight excluding hydrogens is 302 g/mol. The van der Waals surface area contributed by atoms with E-state index in [1.54, 1.807) is 15.9 Å². The summed E-state index contributed by atoms with van der Waals surface area (Å²) in [5, 5.41) is 0.884. The summed E-state index contributed by atoms with van der Waals surface area (Å²) in [6.07, 6.45) is 4.54. The predicted octanol–water partition coefficient (Wildman–Crippen LogP) is 2.95. The predicted molar refractivity (Wildman–Crippen MR) is 91.1 cm³/mol. The molecule has 1 unspecified atom stereocenters. The Labute approximate surface area is 133 Å². The molecule has 1 aliphatic carbocycles. The van der Waals surface area contributed by atoms with Crippen LogP contribution in [-0.4, -0.2) is 34.6 Å². The largest absolute Gasteiger partial charge is 0.323 e. The van der Waals surface area contributed by atoms with Crippen LogP contribution in [0.2, 0.25) is 0 Å². The Hall–Kier alpha value is -0.980. The molecule has 2 aromatic rings. The van der Waals surface area contributed by atoms with Crippen LogP contribution in [0.15, 0.2) is 4.79 Å². The molecule has 0 bridgehead atoms. The van der Waals surface area contributed by atoms with Gasteiger partial charge >= 0.3 is 0 Å². The van der Waals surface area contributed by atoms with Gasteiger partial charge in [0, 0.05) is 17.5 Å². The van der Waals surface area contributed by atoms with Crippen molar-refractivity contribution < 1.29 is 0 Å². The zero-order valence-electron chi connectivity index (χ0n) is 12.7. The summed E-state index contributed by atoms with van der Waals surface area (Å²) < 4.78 is 2.27. The highest BCUT2D eigenvalue weighted by Gasteiger charge is 2.20. The van der Waals surface area contributed by atoms with Crippen LogP contribution in [0.25, 0.3) is 10.2 Å². The number of hydrogen-bond donors (Lipinski definition) is 1. The van der Waals surface area contributed by atoms with E-state index in [4.69, 9.17) is 12.2 Å². The second-order valence-corrected chi connectivity index (χ2v) is 7.57.